The summed E-state index contributed by atoms with van der Waals surface area (Å²) in [4.78, 5) is 0. The van der Waals surface area contributed by atoms with Gasteiger partial charge in [0.2, 0.25) is 0 Å². The lowest BCUT2D eigenvalue weighted by molar-refractivity contribution is 0.625. The van der Waals surface area contributed by atoms with Crippen molar-refractivity contribution in [2.24, 2.45) is 0 Å². The molecule has 60 heavy (non-hydrogen) atoms. The maximum atomic E-state index is 14.6. The van der Waals surface area contributed by atoms with Gasteiger partial charge in [0.1, 0.15) is 23.3 Å². The van der Waals surface area contributed by atoms with E-state index in [1.54, 1.807) is 48.5 Å². The van der Waals surface area contributed by atoms with E-state index < -0.39 is 11.8 Å². The number of anilines is 2. The minimum atomic E-state index is -0.470. The molecule has 8 aromatic rings. The highest BCUT2D eigenvalue weighted by atomic mass is 19.1. The standard InChI is InChI=1S/C54H44F4N2/c1-31-27-33(3)51(34(4)28-31)59-53-44-9-5-7-35-8-6-10-45(50(35)44)54(53)60-52-46(48(36-11-19-40(55)20-12-36)37-13-21-41(56)22-14-37)29-32(2)30-47(52)49(38-15-23-42(57)24-16-38)39-17-25-43(58)26-18-39/h5-30,48-49,53-54,59-60H,1-4H3. The minimum Gasteiger partial charge on any atom is -0.375 e. The van der Waals surface area contributed by atoms with Crippen LogP contribution in [0.1, 0.15) is 90.7 Å². The number of aryl methyl sites for hydroxylation is 4. The van der Waals surface area contributed by atoms with E-state index in [9.17, 15) is 17.6 Å². The number of hydrogen-bond acceptors (Lipinski definition) is 2. The zero-order valence-corrected chi connectivity index (χ0v) is 33.8. The van der Waals surface area contributed by atoms with E-state index >= 15 is 0 Å². The zero-order chi connectivity index (χ0) is 41.7. The molecule has 6 heteroatoms. The van der Waals surface area contributed by atoms with Crippen LogP contribution >= 0.6 is 0 Å². The molecule has 0 amide bonds. The van der Waals surface area contributed by atoms with Crippen LogP contribution in [0.4, 0.5) is 28.9 Å². The summed E-state index contributed by atoms with van der Waals surface area (Å²) in [7, 11) is 0. The third-order valence-electron chi connectivity index (χ3n) is 12.0. The third-order valence-corrected chi connectivity index (χ3v) is 12.0. The molecule has 0 spiro atoms. The molecule has 298 valence electrons. The van der Waals surface area contributed by atoms with Crippen LogP contribution in [0.25, 0.3) is 10.8 Å². The fraction of sp³-hybridized carbons (Fsp3) is 0.148. The Hall–Kier alpha value is -6.66. The van der Waals surface area contributed by atoms with Gasteiger partial charge in [-0.3, -0.25) is 0 Å². The summed E-state index contributed by atoms with van der Waals surface area (Å²) in [6.45, 7) is 8.41. The molecule has 1 aliphatic carbocycles. The molecule has 9 rings (SSSR count). The maximum Gasteiger partial charge on any atom is 0.123 e. The van der Waals surface area contributed by atoms with E-state index in [-0.39, 0.29) is 35.4 Å². The van der Waals surface area contributed by atoms with Crippen molar-refractivity contribution >= 4 is 22.1 Å². The van der Waals surface area contributed by atoms with Gasteiger partial charge in [0.25, 0.3) is 0 Å². The van der Waals surface area contributed by atoms with E-state index in [0.29, 0.717) is 0 Å². The normalized spacial score (nSPS) is 14.6. The first-order chi connectivity index (χ1) is 29.0. The second-order valence-electron chi connectivity index (χ2n) is 16.2. The lowest BCUT2D eigenvalue weighted by atomic mass is 9.77. The van der Waals surface area contributed by atoms with Gasteiger partial charge in [-0.25, -0.2) is 17.6 Å². The molecule has 1 aliphatic rings. The summed E-state index contributed by atoms with van der Waals surface area (Å²) >= 11 is 0. The van der Waals surface area contributed by atoms with Crippen LogP contribution in [-0.2, 0) is 0 Å². The molecule has 0 saturated heterocycles. The van der Waals surface area contributed by atoms with Crippen LogP contribution < -0.4 is 10.6 Å². The first-order valence-corrected chi connectivity index (χ1v) is 20.3. The molecule has 0 radical (unpaired) electrons. The zero-order valence-electron chi connectivity index (χ0n) is 33.8. The average Bonchev–Trinajstić information content (AvgIpc) is 3.53. The van der Waals surface area contributed by atoms with Gasteiger partial charge in [-0.15, -0.1) is 0 Å². The van der Waals surface area contributed by atoms with E-state index in [0.717, 1.165) is 78.0 Å². The molecule has 0 heterocycles. The van der Waals surface area contributed by atoms with E-state index in [1.165, 1.54) is 59.5 Å². The maximum absolute atomic E-state index is 14.6. The molecule has 0 saturated carbocycles. The van der Waals surface area contributed by atoms with Gasteiger partial charge < -0.3 is 10.6 Å². The predicted molar refractivity (Wildman–Crippen MR) is 236 cm³/mol. The summed E-state index contributed by atoms with van der Waals surface area (Å²) < 4.78 is 58.6. The van der Waals surface area contributed by atoms with Crippen molar-refractivity contribution in [3.05, 3.63) is 248 Å². The Morgan fingerprint density at radius 1 is 0.400 bits per heavy atom. The lowest BCUT2D eigenvalue weighted by Gasteiger charge is -2.33. The number of nitrogens with one attached hydrogen (secondary N) is 2. The minimum absolute atomic E-state index is 0.224. The van der Waals surface area contributed by atoms with E-state index in [2.05, 4.69) is 92.1 Å². The average molecular weight is 797 g/mol. The molecule has 2 N–H and O–H groups in total. The quantitative estimate of drug-likeness (QED) is 0.106. The van der Waals surface area contributed by atoms with Gasteiger partial charge in [-0.2, -0.15) is 0 Å². The van der Waals surface area contributed by atoms with Crippen LogP contribution in [0.15, 0.2) is 158 Å². The summed E-state index contributed by atoms with van der Waals surface area (Å²) in [5.74, 6) is -2.39. The molecule has 8 aromatic carbocycles. The van der Waals surface area contributed by atoms with Gasteiger partial charge in [0.05, 0.1) is 12.1 Å². The summed E-state index contributed by atoms with van der Waals surface area (Å²) in [5, 5.41) is 10.5. The van der Waals surface area contributed by atoms with Gasteiger partial charge in [0, 0.05) is 23.2 Å². The van der Waals surface area contributed by atoms with Crippen molar-refractivity contribution in [1.29, 1.82) is 0 Å². The number of benzene rings is 8. The molecule has 0 aliphatic heterocycles. The van der Waals surface area contributed by atoms with Crippen molar-refractivity contribution in [1.82, 2.24) is 0 Å². The second kappa shape index (κ2) is 15.8. The molecular weight excluding hydrogens is 753 g/mol. The van der Waals surface area contributed by atoms with Crippen molar-refractivity contribution in [3.63, 3.8) is 0 Å². The Balaban J connectivity index is 1.33. The first kappa shape index (κ1) is 38.8. The Morgan fingerprint density at radius 2 is 0.733 bits per heavy atom. The molecule has 2 unspecified atom stereocenters. The summed E-state index contributed by atoms with van der Waals surface area (Å²) in [6.07, 6.45) is 0. The van der Waals surface area contributed by atoms with Crippen LogP contribution in [-0.4, -0.2) is 0 Å². The fourth-order valence-corrected chi connectivity index (χ4v) is 9.51. The Bertz CT molecular complexity index is 2610. The van der Waals surface area contributed by atoms with Gasteiger partial charge in [-0.05, 0) is 143 Å². The van der Waals surface area contributed by atoms with Crippen LogP contribution in [0.5, 0.6) is 0 Å². The summed E-state index contributed by atoms with van der Waals surface area (Å²) in [5.41, 5.74) is 13.7. The molecule has 0 fully saturated rings. The fourth-order valence-electron chi connectivity index (χ4n) is 9.51. The predicted octanol–water partition coefficient (Wildman–Crippen LogP) is 14.3. The number of halogens is 4. The molecule has 0 bridgehead atoms. The summed E-state index contributed by atoms with van der Waals surface area (Å²) in [6, 6.07) is 46.9. The smallest absolute Gasteiger partial charge is 0.123 e. The highest BCUT2D eigenvalue weighted by Gasteiger charge is 2.37. The topological polar surface area (TPSA) is 24.1 Å². The highest BCUT2D eigenvalue weighted by molar-refractivity contribution is 5.93. The molecule has 2 nitrogen and oxygen atoms in total. The van der Waals surface area contributed by atoms with Gasteiger partial charge >= 0.3 is 0 Å². The largest absolute Gasteiger partial charge is 0.375 e. The Kier molecular flexibility index (Phi) is 10.2. The first-order valence-electron chi connectivity index (χ1n) is 20.3. The number of hydrogen-bond donors (Lipinski definition) is 2. The SMILES string of the molecule is Cc1cc(C)c(NC2c3cccc4cccc(c34)C2Nc2c(C(c3ccc(F)cc3)c3ccc(F)cc3)cc(C)cc2C(c2ccc(F)cc2)c2ccc(F)cc2)c(C)c1. The van der Waals surface area contributed by atoms with Crippen LogP contribution in [0.3, 0.4) is 0 Å². The number of rotatable bonds is 10. The van der Waals surface area contributed by atoms with Crippen LogP contribution in [0.2, 0.25) is 0 Å². The van der Waals surface area contributed by atoms with Crippen LogP contribution in [0, 0.1) is 51.0 Å². The van der Waals surface area contributed by atoms with Crippen molar-refractivity contribution in [2.75, 3.05) is 10.6 Å². The lowest BCUT2D eigenvalue weighted by Crippen LogP contribution is -2.25. The molecular formula is C54H44F4N2. The Morgan fingerprint density at radius 3 is 1.10 bits per heavy atom. The van der Waals surface area contributed by atoms with E-state index in [4.69, 9.17) is 0 Å². The van der Waals surface area contributed by atoms with E-state index in [1.807, 2.05) is 6.92 Å². The van der Waals surface area contributed by atoms with Crippen molar-refractivity contribution in [3.8, 4) is 0 Å². The van der Waals surface area contributed by atoms with Gasteiger partial charge in [-0.1, -0.05) is 120 Å². The molecule has 2 atom stereocenters. The van der Waals surface area contributed by atoms with Crippen molar-refractivity contribution in [2.45, 2.75) is 51.6 Å². The van der Waals surface area contributed by atoms with Crippen molar-refractivity contribution < 1.29 is 17.6 Å². The second-order valence-corrected chi connectivity index (χ2v) is 16.2. The Labute approximate surface area is 348 Å². The monoisotopic (exact) mass is 796 g/mol. The molecule has 0 aromatic heterocycles. The third kappa shape index (κ3) is 7.32. The highest BCUT2D eigenvalue weighted by Crippen LogP contribution is 2.51. The van der Waals surface area contributed by atoms with Gasteiger partial charge in [0.15, 0.2) is 0 Å².